The van der Waals surface area contributed by atoms with Crippen LogP contribution in [-0.4, -0.2) is 28.3 Å². The van der Waals surface area contributed by atoms with Gasteiger partial charge < -0.3 is 0 Å². The fourth-order valence-electron chi connectivity index (χ4n) is 0.732. The Hall–Kier alpha value is 0.830. The lowest BCUT2D eigenvalue weighted by molar-refractivity contribution is 0.288. The normalized spacial score (nSPS) is 14.7. The van der Waals surface area contributed by atoms with Crippen molar-refractivity contribution in [3.05, 3.63) is 0 Å². The van der Waals surface area contributed by atoms with E-state index in [0.29, 0.717) is 0 Å². The van der Waals surface area contributed by atoms with Crippen molar-refractivity contribution in [2.75, 3.05) is 13.1 Å². The second-order valence-electron chi connectivity index (χ2n) is 1.93. The van der Waals surface area contributed by atoms with E-state index in [1.165, 1.54) is 0 Å². The van der Waals surface area contributed by atoms with Crippen LogP contribution in [0.1, 0.15) is 13.8 Å². The maximum atomic E-state index is 5.84. The van der Waals surface area contributed by atoms with Crippen LogP contribution in [0.25, 0.3) is 0 Å². The molecule has 0 bridgehead atoms. The van der Waals surface area contributed by atoms with E-state index in [4.69, 9.17) is 34.8 Å². The number of nitrogens with zero attached hydrogens (tertiary/aromatic N) is 1. The molecule has 0 spiro atoms. The molecule has 0 aliphatic rings. The maximum Gasteiger partial charge on any atom is 0.137 e. The predicted octanol–water partition coefficient (Wildman–Crippen LogP) is 2.70. The topological polar surface area (TPSA) is 3.24 Å². The average molecular weight is 205 g/mol. The highest BCUT2D eigenvalue weighted by atomic mass is 35.5. The molecular formula is C6H12Cl3N. The first kappa shape index (κ1) is 10.8. The van der Waals surface area contributed by atoms with Gasteiger partial charge in [-0.3, -0.25) is 4.90 Å². The van der Waals surface area contributed by atoms with E-state index in [1.807, 2.05) is 18.7 Å². The Balaban J connectivity index is 3.76. The molecule has 0 saturated heterocycles. The van der Waals surface area contributed by atoms with Crippen LogP contribution in [0.4, 0.5) is 0 Å². The van der Waals surface area contributed by atoms with Crippen molar-refractivity contribution in [2.45, 2.75) is 24.2 Å². The first-order valence-electron chi connectivity index (χ1n) is 3.29. The van der Waals surface area contributed by atoms with E-state index in [9.17, 15) is 0 Å². The predicted molar refractivity (Wildman–Crippen MR) is 48.1 cm³/mol. The molecule has 4 heteroatoms. The summed E-state index contributed by atoms with van der Waals surface area (Å²) in [6, 6.07) is 0. The quantitative estimate of drug-likeness (QED) is 0.503. The first-order chi connectivity index (χ1) is 4.63. The van der Waals surface area contributed by atoms with E-state index in [1.54, 1.807) is 0 Å². The monoisotopic (exact) mass is 203 g/mol. The van der Waals surface area contributed by atoms with Crippen LogP contribution in [0.15, 0.2) is 0 Å². The van der Waals surface area contributed by atoms with Crippen molar-refractivity contribution in [3.63, 3.8) is 0 Å². The first-order valence-corrected chi connectivity index (χ1v) is 4.60. The third-order valence-corrected chi connectivity index (χ3v) is 2.63. The number of hydrogen-bond donors (Lipinski definition) is 0. The Bertz CT molecular complexity index is 83.1. The molecule has 62 valence electrons. The van der Waals surface area contributed by atoms with Crippen molar-refractivity contribution in [3.8, 4) is 0 Å². The van der Waals surface area contributed by atoms with Gasteiger partial charge in [0.25, 0.3) is 0 Å². The number of alkyl halides is 3. The van der Waals surface area contributed by atoms with Crippen molar-refractivity contribution >= 4 is 34.8 Å². The molecule has 0 radical (unpaired) electrons. The Morgan fingerprint density at radius 3 is 1.60 bits per heavy atom. The molecule has 0 aromatic heterocycles. The minimum absolute atomic E-state index is 0.265. The summed E-state index contributed by atoms with van der Waals surface area (Å²) in [5.41, 5.74) is -0.265. The van der Waals surface area contributed by atoms with Gasteiger partial charge in [0.05, 0.1) is 0 Å². The Morgan fingerprint density at radius 1 is 1.10 bits per heavy atom. The largest absolute Gasteiger partial charge is 0.286 e. The third kappa shape index (κ3) is 3.29. The van der Waals surface area contributed by atoms with Gasteiger partial charge in [-0.25, -0.2) is 0 Å². The minimum Gasteiger partial charge on any atom is -0.286 e. The van der Waals surface area contributed by atoms with Gasteiger partial charge in [0, 0.05) is 0 Å². The van der Waals surface area contributed by atoms with Crippen molar-refractivity contribution in [1.82, 2.24) is 4.90 Å². The number of rotatable bonds is 4. The van der Waals surface area contributed by atoms with Gasteiger partial charge in [0.1, 0.15) is 10.3 Å². The molecule has 1 unspecified atom stereocenters. The van der Waals surface area contributed by atoms with Crippen molar-refractivity contribution < 1.29 is 0 Å². The summed E-state index contributed by atoms with van der Waals surface area (Å²) in [7, 11) is 0. The average Bonchev–Trinajstić information content (AvgIpc) is 1.90. The van der Waals surface area contributed by atoms with Gasteiger partial charge in [-0.05, 0) is 13.1 Å². The summed E-state index contributed by atoms with van der Waals surface area (Å²) in [6.45, 7) is 5.80. The van der Waals surface area contributed by atoms with Crippen LogP contribution >= 0.6 is 34.8 Å². The lowest BCUT2D eigenvalue weighted by Gasteiger charge is -2.24. The second kappa shape index (κ2) is 5.48. The summed E-state index contributed by atoms with van der Waals surface area (Å²) in [5.74, 6) is 0. The van der Waals surface area contributed by atoms with Crippen LogP contribution < -0.4 is 0 Å². The van der Waals surface area contributed by atoms with Gasteiger partial charge in [0.15, 0.2) is 0 Å². The van der Waals surface area contributed by atoms with E-state index < -0.39 is 4.84 Å². The lowest BCUT2D eigenvalue weighted by Crippen LogP contribution is -2.35. The van der Waals surface area contributed by atoms with Crippen LogP contribution in [0.5, 0.6) is 0 Å². The zero-order valence-corrected chi connectivity index (χ0v) is 8.42. The molecule has 0 fully saturated rings. The van der Waals surface area contributed by atoms with Crippen molar-refractivity contribution in [1.29, 1.82) is 0 Å². The van der Waals surface area contributed by atoms with E-state index in [2.05, 4.69) is 0 Å². The zero-order valence-electron chi connectivity index (χ0n) is 6.15. The molecule has 0 aliphatic carbocycles. The fourth-order valence-corrected chi connectivity index (χ4v) is 1.33. The summed E-state index contributed by atoms with van der Waals surface area (Å²) in [5, 5.41) is 0. The van der Waals surface area contributed by atoms with Gasteiger partial charge >= 0.3 is 0 Å². The smallest absolute Gasteiger partial charge is 0.137 e. The molecule has 0 aliphatic heterocycles. The Morgan fingerprint density at radius 2 is 1.50 bits per heavy atom. The second-order valence-corrected chi connectivity index (χ2v) is 3.54. The molecule has 10 heavy (non-hydrogen) atoms. The van der Waals surface area contributed by atoms with Gasteiger partial charge in [-0.2, -0.15) is 0 Å². The van der Waals surface area contributed by atoms with E-state index in [-0.39, 0.29) is 5.50 Å². The van der Waals surface area contributed by atoms with Crippen LogP contribution in [0.3, 0.4) is 0 Å². The molecule has 1 atom stereocenters. The molecule has 0 N–H and O–H groups in total. The molecule has 0 amide bonds. The molecule has 0 aromatic rings. The molecule has 0 rings (SSSR count). The van der Waals surface area contributed by atoms with Gasteiger partial charge in [-0.15, -0.1) is 34.8 Å². The SMILES string of the molecule is CCN(CC)C(Cl)C(Cl)Cl. The molecule has 0 saturated carbocycles. The summed E-state index contributed by atoms with van der Waals surface area (Å²) < 4.78 is 0. The summed E-state index contributed by atoms with van der Waals surface area (Å²) >= 11 is 17.0. The zero-order chi connectivity index (χ0) is 8.15. The van der Waals surface area contributed by atoms with Crippen LogP contribution in [0.2, 0.25) is 0 Å². The lowest BCUT2D eigenvalue weighted by atomic mass is 10.5. The fraction of sp³-hybridized carbons (Fsp3) is 1.00. The molecular weight excluding hydrogens is 192 g/mol. The highest BCUT2D eigenvalue weighted by Crippen LogP contribution is 2.17. The van der Waals surface area contributed by atoms with Gasteiger partial charge in [0.2, 0.25) is 0 Å². The molecule has 0 aromatic carbocycles. The third-order valence-electron chi connectivity index (χ3n) is 1.37. The minimum atomic E-state index is -0.512. The number of halogens is 3. The van der Waals surface area contributed by atoms with Gasteiger partial charge in [-0.1, -0.05) is 13.8 Å². The van der Waals surface area contributed by atoms with E-state index >= 15 is 0 Å². The standard InChI is InChI=1S/C6H12Cl3N/c1-3-10(4-2)6(9)5(7)8/h5-6H,3-4H2,1-2H3. The summed E-state index contributed by atoms with van der Waals surface area (Å²) in [4.78, 5) is 1.48. The Labute approximate surface area is 77.2 Å². The Kier molecular flexibility index (Phi) is 5.93. The highest BCUT2D eigenvalue weighted by molar-refractivity contribution is 6.48. The summed E-state index contributed by atoms with van der Waals surface area (Å²) in [6.07, 6.45) is 0. The number of hydrogen-bond acceptors (Lipinski definition) is 1. The van der Waals surface area contributed by atoms with Crippen LogP contribution in [0, 0.1) is 0 Å². The van der Waals surface area contributed by atoms with Crippen LogP contribution in [-0.2, 0) is 0 Å². The highest BCUT2D eigenvalue weighted by Gasteiger charge is 2.18. The molecule has 1 nitrogen and oxygen atoms in total. The maximum absolute atomic E-state index is 5.84. The molecule has 0 heterocycles. The van der Waals surface area contributed by atoms with E-state index in [0.717, 1.165) is 13.1 Å². The van der Waals surface area contributed by atoms with Crippen molar-refractivity contribution in [2.24, 2.45) is 0 Å².